The van der Waals surface area contributed by atoms with Crippen LogP contribution in [-0.2, 0) is 4.74 Å². The molecule has 1 N–H and O–H groups in total. The van der Waals surface area contributed by atoms with Crippen molar-refractivity contribution in [3.63, 3.8) is 0 Å². The molecule has 0 amide bonds. The van der Waals surface area contributed by atoms with Crippen LogP contribution in [0.15, 0.2) is 42.5 Å². The van der Waals surface area contributed by atoms with E-state index in [2.05, 4.69) is 46.6 Å². The fraction of sp³-hybridized carbons (Fsp3) is 0.353. The lowest BCUT2D eigenvalue weighted by Crippen LogP contribution is -2.36. The first-order valence-electron chi connectivity index (χ1n) is 7.35. The molecule has 21 heavy (non-hydrogen) atoms. The maximum atomic E-state index is 5.65. The van der Waals surface area contributed by atoms with Crippen LogP contribution in [0.4, 0.5) is 5.69 Å². The number of ether oxygens (including phenoxy) is 1. The molecule has 3 nitrogen and oxygen atoms in total. The van der Waals surface area contributed by atoms with Crippen LogP contribution in [0.1, 0.15) is 12.8 Å². The Morgan fingerprint density at radius 2 is 2.10 bits per heavy atom. The maximum absolute atomic E-state index is 5.65. The van der Waals surface area contributed by atoms with Crippen LogP contribution in [-0.4, -0.2) is 36.3 Å². The molecule has 4 heteroatoms. The summed E-state index contributed by atoms with van der Waals surface area (Å²) >= 11 is 5.48. The highest BCUT2D eigenvalue weighted by Crippen LogP contribution is 2.19. The maximum Gasteiger partial charge on any atom is 0.173 e. The van der Waals surface area contributed by atoms with Crippen molar-refractivity contribution >= 4 is 33.8 Å². The standard InChI is InChI=1S/C17H20N2OS/c1-19(12-16-7-4-10-20-16)17(21)18-15-9-8-13-5-2-3-6-14(13)11-15/h2-3,5-6,8-9,11,16H,4,7,10,12H2,1H3,(H,18,21)/t16-/m0/s1. The SMILES string of the molecule is CN(C[C@@H]1CCCO1)C(=S)Nc1ccc2ccccc2c1. The van der Waals surface area contributed by atoms with Crippen molar-refractivity contribution in [2.75, 3.05) is 25.5 Å². The predicted molar refractivity (Wildman–Crippen MR) is 91.8 cm³/mol. The summed E-state index contributed by atoms with van der Waals surface area (Å²) in [5.74, 6) is 0. The molecule has 1 aliphatic rings. The number of hydrogen-bond donors (Lipinski definition) is 1. The van der Waals surface area contributed by atoms with Crippen LogP contribution in [0.2, 0.25) is 0 Å². The Hall–Kier alpha value is -1.65. The minimum absolute atomic E-state index is 0.311. The van der Waals surface area contributed by atoms with Gasteiger partial charge < -0.3 is 15.0 Å². The first kappa shape index (κ1) is 14.3. The van der Waals surface area contributed by atoms with Crippen molar-refractivity contribution in [3.8, 4) is 0 Å². The van der Waals surface area contributed by atoms with E-state index < -0.39 is 0 Å². The van der Waals surface area contributed by atoms with Gasteiger partial charge in [0.15, 0.2) is 5.11 Å². The smallest absolute Gasteiger partial charge is 0.173 e. The van der Waals surface area contributed by atoms with Gasteiger partial charge in [0.2, 0.25) is 0 Å². The Bertz CT molecular complexity index is 637. The third-order valence-electron chi connectivity index (χ3n) is 3.85. The third kappa shape index (κ3) is 3.52. The second-order valence-electron chi connectivity index (χ2n) is 5.51. The molecule has 0 radical (unpaired) electrons. The lowest BCUT2D eigenvalue weighted by molar-refractivity contribution is 0.0963. The molecule has 1 atom stereocenters. The quantitative estimate of drug-likeness (QED) is 0.875. The van der Waals surface area contributed by atoms with Gasteiger partial charge in [0.25, 0.3) is 0 Å². The summed E-state index contributed by atoms with van der Waals surface area (Å²) < 4.78 is 5.65. The summed E-state index contributed by atoms with van der Waals surface area (Å²) in [6.07, 6.45) is 2.60. The van der Waals surface area contributed by atoms with Crippen LogP contribution in [0.3, 0.4) is 0 Å². The van der Waals surface area contributed by atoms with E-state index in [4.69, 9.17) is 17.0 Å². The summed E-state index contributed by atoms with van der Waals surface area (Å²) in [6.45, 7) is 1.72. The Balaban J connectivity index is 1.64. The molecule has 0 unspecified atom stereocenters. The molecule has 0 saturated carbocycles. The highest BCUT2D eigenvalue weighted by Gasteiger charge is 2.18. The van der Waals surface area contributed by atoms with Gasteiger partial charge in [-0.05, 0) is 48.0 Å². The van der Waals surface area contributed by atoms with Crippen LogP contribution in [0.25, 0.3) is 10.8 Å². The van der Waals surface area contributed by atoms with E-state index in [0.29, 0.717) is 6.10 Å². The van der Waals surface area contributed by atoms with Crippen molar-refractivity contribution in [2.24, 2.45) is 0 Å². The average molecular weight is 300 g/mol. The van der Waals surface area contributed by atoms with Gasteiger partial charge in [0.1, 0.15) is 0 Å². The fourth-order valence-corrected chi connectivity index (χ4v) is 2.86. The fourth-order valence-electron chi connectivity index (χ4n) is 2.66. The van der Waals surface area contributed by atoms with E-state index in [0.717, 1.165) is 36.8 Å². The van der Waals surface area contributed by atoms with E-state index >= 15 is 0 Å². The average Bonchev–Trinajstić information content (AvgIpc) is 3.00. The minimum atomic E-state index is 0.311. The van der Waals surface area contributed by atoms with Crippen molar-refractivity contribution in [2.45, 2.75) is 18.9 Å². The van der Waals surface area contributed by atoms with Crippen LogP contribution < -0.4 is 5.32 Å². The first-order chi connectivity index (χ1) is 10.2. The van der Waals surface area contributed by atoms with Crippen molar-refractivity contribution in [1.29, 1.82) is 0 Å². The number of fused-ring (bicyclic) bond motifs is 1. The van der Waals surface area contributed by atoms with Gasteiger partial charge in [0, 0.05) is 25.9 Å². The molecule has 110 valence electrons. The second kappa shape index (κ2) is 6.41. The highest BCUT2D eigenvalue weighted by atomic mass is 32.1. The summed E-state index contributed by atoms with van der Waals surface area (Å²) in [5, 5.41) is 6.50. The molecule has 1 heterocycles. The lowest BCUT2D eigenvalue weighted by atomic mass is 10.1. The largest absolute Gasteiger partial charge is 0.376 e. The van der Waals surface area contributed by atoms with E-state index in [1.54, 1.807) is 0 Å². The molecular formula is C17H20N2OS. The van der Waals surface area contributed by atoms with Gasteiger partial charge in [-0.25, -0.2) is 0 Å². The Morgan fingerprint density at radius 1 is 1.29 bits per heavy atom. The van der Waals surface area contributed by atoms with Gasteiger partial charge in [-0.3, -0.25) is 0 Å². The first-order valence-corrected chi connectivity index (χ1v) is 7.76. The monoisotopic (exact) mass is 300 g/mol. The van der Waals surface area contributed by atoms with Gasteiger partial charge in [-0.2, -0.15) is 0 Å². The van der Waals surface area contributed by atoms with Crippen molar-refractivity contribution < 1.29 is 4.74 Å². The number of rotatable bonds is 3. The van der Waals surface area contributed by atoms with Crippen LogP contribution in [0.5, 0.6) is 0 Å². The molecule has 1 saturated heterocycles. The van der Waals surface area contributed by atoms with Gasteiger partial charge >= 0.3 is 0 Å². The van der Waals surface area contributed by atoms with E-state index in [1.807, 2.05) is 13.1 Å². The Kier molecular flexibility index (Phi) is 4.36. The van der Waals surface area contributed by atoms with Crippen LogP contribution in [0, 0.1) is 0 Å². The van der Waals surface area contributed by atoms with E-state index in [9.17, 15) is 0 Å². The van der Waals surface area contributed by atoms with Gasteiger partial charge in [-0.1, -0.05) is 30.3 Å². The molecule has 2 aromatic rings. The highest BCUT2D eigenvalue weighted by molar-refractivity contribution is 7.80. The molecule has 0 spiro atoms. The van der Waals surface area contributed by atoms with Gasteiger partial charge in [0.05, 0.1) is 6.10 Å². The molecule has 3 rings (SSSR count). The molecule has 2 aromatic carbocycles. The zero-order chi connectivity index (χ0) is 14.7. The Labute approximate surface area is 130 Å². The summed E-state index contributed by atoms with van der Waals surface area (Å²) in [6, 6.07) is 14.6. The Morgan fingerprint density at radius 3 is 2.86 bits per heavy atom. The zero-order valence-corrected chi connectivity index (χ0v) is 13.0. The van der Waals surface area contributed by atoms with E-state index in [1.165, 1.54) is 10.8 Å². The topological polar surface area (TPSA) is 24.5 Å². The number of likely N-dealkylation sites (N-methyl/N-ethyl adjacent to an activating group) is 1. The number of anilines is 1. The number of nitrogens with zero attached hydrogens (tertiary/aromatic N) is 1. The summed E-state index contributed by atoms with van der Waals surface area (Å²) in [4.78, 5) is 2.06. The number of nitrogens with one attached hydrogen (secondary N) is 1. The number of thiocarbonyl (C=S) groups is 1. The number of hydrogen-bond acceptors (Lipinski definition) is 2. The molecule has 0 aliphatic carbocycles. The van der Waals surface area contributed by atoms with E-state index in [-0.39, 0.29) is 0 Å². The van der Waals surface area contributed by atoms with Gasteiger partial charge in [-0.15, -0.1) is 0 Å². The zero-order valence-electron chi connectivity index (χ0n) is 12.2. The molecular weight excluding hydrogens is 280 g/mol. The summed E-state index contributed by atoms with van der Waals surface area (Å²) in [5.41, 5.74) is 1.03. The molecule has 0 aromatic heterocycles. The normalized spacial score (nSPS) is 17.9. The lowest BCUT2D eigenvalue weighted by Gasteiger charge is -2.24. The third-order valence-corrected chi connectivity index (χ3v) is 4.26. The number of benzene rings is 2. The minimum Gasteiger partial charge on any atom is -0.376 e. The van der Waals surface area contributed by atoms with Crippen molar-refractivity contribution in [3.05, 3.63) is 42.5 Å². The molecule has 1 aliphatic heterocycles. The molecule has 1 fully saturated rings. The van der Waals surface area contributed by atoms with Crippen LogP contribution >= 0.6 is 12.2 Å². The van der Waals surface area contributed by atoms with Crippen molar-refractivity contribution in [1.82, 2.24) is 4.90 Å². The second-order valence-corrected chi connectivity index (χ2v) is 5.89. The molecule has 0 bridgehead atoms. The predicted octanol–water partition coefficient (Wildman–Crippen LogP) is 3.65. The summed E-state index contributed by atoms with van der Waals surface area (Å²) in [7, 11) is 2.01.